The number of carbonyl (C=O) groups excluding carboxylic acids is 1. The van der Waals surface area contributed by atoms with Crippen LogP contribution in [0.4, 0.5) is 10.7 Å². The van der Waals surface area contributed by atoms with Gasteiger partial charge in [-0.15, -0.1) is 11.3 Å². The van der Waals surface area contributed by atoms with Gasteiger partial charge in [0.2, 0.25) is 5.75 Å². The molecule has 0 unspecified atom stereocenters. The van der Waals surface area contributed by atoms with Crippen LogP contribution in [0.15, 0.2) is 41.4 Å². The number of benzene rings is 2. The number of hydrogen-bond donors (Lipinski definition) is 1. The molecule has 0 radical (unpaired) electrons. The van der Waals surface area contributed by atoms with E-state index in [2.05, 4.69) is 26.1 Å². The highest BCUT2D eigenvalue weighted by atomic mass is 35.5. The molecule has 1 N–H and O–H groups in total. The molecule has 4 rings (SSSR count). The zero-order chi connectivity index (χ0) is 26.7. The van der Waals surface area contributed by atoms with E-state index in [1.54, 1.807) is 63.1 Å². The van der Waals surface area contributed by atoms with E-state index in [0.717, 1.165) is 30.4 Å². The molecule has 3 aromatic rings. The molecule has 0 aliphatic heterocycles. The number of nitrogens with one attached hydrogen (secondary N) is 1. The molecular weight excluding hydrogens is 508 g/mol. The van der Waals surface area contributed by atoms with E-state index in [9.17, 15) is 4.79 Å². The Bertz CT molecular complexity index is 1280. The summed E-state index contributed by atoms with van der Waals surface area (Å²) < 4.78 is 16.4. The Morgan fingerprint density at radius 1 is 1.08 bits per heavy atom. The van der Waals surface area contributed by atoms with Crippen LogP contribution in [0.2, 0.25) is 5.02 Å². The minimum atomic E-state index is -0.161. The summed E-state index contributed by atoms with van der Waals surface area (Å²) in [6.45, 7) is 6.86. The van der Waals surface area contributed by atoms with Gasteiger partial charge in [-0.05, 0) is 72.6 Å². The molecule has 6 nitrogen and oxygen atoms in total. The average Bonchev–Trinajstić information content (AvgIpc) is 3.25. The fourth-order valence-corrected chi connectivity index (χ4v) is 6.07. The number of thiophene rings is 1. The minimum Gasteiger partial charge on any atom is -0.493 e. The molecule has 0 saturated carbocycles. The lowest BCUT2D eigenvalue weighted by Gasteiger charge is -2.33. The number of hydrogen-bond acceptors (Lipinski definition) is 6. The second-order valence-corrected chi connectivity index (χ2v) is 11.7. The summed E-state index contributed by atoms with van der Waals surface area (Å²) in [5, 5.41) is 4.35. The lowest BCUT2D eigenvalue weighted by Crippen LogP contribution is -2.27. The predicted molar refractivity (Wildman–Crippen MR) is 152 cm³/mol. The summed E-state index contributed by atoms with van der Waals surface area (Å²) in [5.74, 6) is 2.00. The van der Waals surface area contributed by atoms with Crippen LogP contribution in [0.25, 0.3) is 0 Å². The summed E-state index contributed by atoms with van der Waals surface area (Å²) >= 11 is 7.63. The number of ether oxygens (including phenoxy) is 3. The Balaban J connectivity index is 1.73. The molecule has 1 aliphatic carbocycles. The third kappa shape index (κ3) is 5.94. The van der Waals surface area contributed by atoms with Gasteiger partial charge in [0.25, 0.3) is 5.91 Å². The maximum Gasteiger partial charge on any atom is 0.259 e. The van der Waals surface area contributed by atoms with Gasteiger partial charge in [0.05, 0.1) is 26.9 Å². The van der Waals surface area contributed by atoms with Crippen molar-refractivity contribution in [1.82, 2.24) is 0 Å². The number of amides is 1. The van der Waals surface area contributed by atoms with Crippen molar-refractivity contribution < 1.29 is 19.0 Å². The van der Waals surface area contributed by atoms with E-state index < -0.39 is 0 Å². The number of nitrogens with zero attached hydrogens (tertiary/aromatic N) is 1. The molecule has 1 aromatic heterocycles. The highest BCUT2D eigenvalue weighted by molar-refractivity contribution is 7.16. The Morgan fingerprint density at radius 3 is 2.30 bits per heavy atom. The smallest absolute Gasteiger partial charge is 0.259 e. The number of anilines is 1. The summed E-state index contributed by atoms with van der Waals surface area (Å²) in [6.07, 6.45) is 4.59. The molecule has 1 atom stereocenters. The molecule has 0 spiro atoms. The SMILES string of the molecule is COc1cc(C=Nc2sc3c(c2C(=O)Nc2ccc(Cl)cc2)CC[C@H](C(C)(C)C)C3)cc(OC)c1OC. The first kappa shape index (κ1) is 27.0. The molecule has 8 heteroatoms. The molecule has 2 aromatic carbocycles. The summed E-state index contributed by atoms with van der Waals surface area (Å²) in [6, 6.07) is 10.8. The predicted octanol–water partition coefficient (Wildman–Crippen LogP) is 7.58. The Labute approximate surface area is 227 Å². The van der Waals surface area contributed by atoms with Crippen molar-refractivity contribution in [2.75, 3.05) is 26.6 Å². The summed E-state index contributed by atoms with van der Waals surface area (Å²) in [7, 11) is 4.73. The van der Waals surface area contributed by atoms with Crippen LogP contribution in [-0.4, -0.2) is 33.5 Å². The normalized spacial score (nSPS) is 15.4. The van der Waals surface area contributed by atoms with Crippen molar-refractivity contribution in [3.63, 3.8) is 0 Å². The second kappa shape index (κ2) is 11.2. The van der Waals surface area contributed by atoms with E-state index >= 15 is 0 Å². The monoisotopic (exact) mass is 540 g/mol. The third-order valence-electron chi connectivity index (χ3n) is 6.82. The van der Waals surface area contributed by atoms with Crippen molar-refractivity contribution in [3.05, 3.63) is 63.0 Å². The minimum absolute atomic E-state index is 0.161. The fraction of sp³-hybridized carbons (Fsp3) is 0.379. The third-order valence-corrected chi connectivity index (χ3v) is 8.23. The number of methoxy groups -OCH3 is 3. The molecule has 1 aliphatic rings. The molecule has 0 fully saturated rings. The maximum absolute atomic E-state index is 13.6. The lowest BCUT2D eigenvalue weighted by atomic mass is 9.72. The number of carbonyl (C=O) groups is 1. The first-order chi connectivity index (χ1) is 17.6. The van der Waals surface area contributed by atoms with Gasteiger partial charge in [-0.2, -0.15) is 0 Å². The lowest BCUT2D eigenvalue weighted by molar-refractivity contribution is 0.102. The average molecular weight is 541 g/mol. The van der Waals surface area contributed by atoms with Crippen molar-refractivity contribution >= 4 is 45.7 Å². The van der Waals surface area contributed by atoms with Crippen LogP contribution >= 0.6 is 22.9 Å². The first-order valence-corrected chi connectivity index (χ1v) is 13.4. The highest BCUT2D eigenvalue weighted by Crippen LogP contribution is 2.45. The molecule has 0 bridgehead atoms. The van der Waals surface area contributed by atoms with Gasteiger partial charge >= 0.3 is 0 Å². The second-order valence-electron chi connectivity index (χ2n) is 10.2. The molecule has 1 heterocycles. The van der Waals surface area contributed by atoms with E-state index in [0.29, 0.717) is 44.4 Å². The zero-order valence-corrected chi connectivity index (χ0v) is 23.7. The van der Waals surface area contributed by atoms with E-state index in [4.69, 9.17) is 30.8 Å². The van der Waals surface area contributed by atoms with Crippen LogP contribution in [0.1, 0.15) is 53.6 Å². The zero-order valence-electron chi connectivity index (χ0n) is 22.1. The number of halogens is 1. The van der Waals surface area contributed by atoms with Crippen LogP contribution in [-0.2, 0) is 12.8 Å². The van der Waals surface area contributed by atoms with Crippen molar-refractivity contribution in [2.24, 2.45) is 16.3 Å². The fourth-order valence-electron chi connectivity index (χ4n) is 4.67. The topological polar surface area (TPSA) is 69.2 Å². The summed E-state index contributed by atoms with van der Waals surface area (Å²) in [4.78, 5) is 19.6. The number of fused-ring (bicyclic) bond motifs is 1. The van der Waals surface area contributed by atoms with Gasteiger partial charge in [-0.1, -0.05) is 32.4 Å². The van der Waals surface area contributed by atoms with Crippen LogP contribution in [0.5, 0.6) is 17.2 Å². The van der Waals surface area contributed by atoms with Gasteiger partial charge in [0, 0.05) is 27.4 Å². The first-order valence-electron chi connectivity index (χ1n) is 12.2. The largest absolute Gasteiger partial charge is 0.493 e. The molecule has 37 heavy (non-hydrogen) atoms. The van der Waals surface area contributed by atoms with Crippen LogP contribution < -0.4 is 19.5 Å². The van der Waals surface area contributed by atoms with Crippen molar-refractivity contribution in [2.45, 2.75) is 40.0 Å². The van der Waals surface area contributed by atoms with E-state index in [-0.39, 0.29) is 11.3 Å². The maximum atomic E-state index is 13.6. The van der Waals surface area contributed by atoms with Crippen molar-refractivity contribution in [1.29, 1.82) is 0 Å². The van der Waals surface area contributed by atoms with Crippen LogP contribution in [0, 0.1) is 11.3 Å². The molecule has 1 amide bonds. The Hall–Kier alpha value is -3.03. The van der Waals surface area contributed by atoms with Crippen molar-refractivity contribution in [3.8, 4) is 17.2 Å². The molecule has 0 saturated heterocycles. The van der Waals surface area contributed by atoms with E-state index in [1.165, 1.54) is 4.88 Å². The Kier molecular flexibility index (Phi) is 8.14. The Morgan fingerprint density at radius 2 is 1.73 bits per heavy atom. The van der Waals surface area contributed by atoms with Gasteiger partial charge in [-0.25, -0.2) is 4.99 Å². The molecular formula is C29H33ClN2O4S. The van der Waals surface area contributed by atoms with Gasteiger partial charge in [0.1, 0.15) is 5.00 Å². The quantitative estimate of drug-likeness (QED) is 0.313. The van der Waals surface area contributed by atoms with Gasteiger partial charge in [0.15, 0.2) is 11.5 Å². The summed E-state index contributed by atoms with van der Waals surface area (Å²) in [5.41, 5.74) is 3.42. The van der Waals surface area contributed by atoms with Crippen LogP contribution in [0.3, 0.4) is 0 Å². The molecule has 196 valence electrons. The van der Waals surface area contributed by atoms with Gasteiger partial charge < -0.3 is 19.5 Å². The van der Waals surface area contributed by atoms with E-state index in [1.807, 2.05) is 12.1 Å². The van der Waals surface area contributed by atoms with Gasteiger partial charge in [-0.3, -0.25) is 4.79 Å². The highest BCUT2D eigenvalue weighted by Gasteiger charge is 2.33. The number of aliphatic imine (C=N–C) groups is 1. The standard InChI is InChI=1S/C29H33ClN2O4S/c1-29(2,3)18-7-12-21-24(15-18)37-28(25(21)27(33)32-20-10-8-19(30)9-11-20)31-16-17-13-22(34-4)26(36-6)23(14-17)35-5/h8-11,13-14,16,18H,7,12,15H2,1-6H3,(H,32,33)/t18-/m0/s1. The number of rotatable bonds is 7.